The molecule has 0 radical (unpaired) electrons. The van der Waals surface area contributed by atoms with Crippen LogP contribution in [-0.4, -0.2) is 18.0 Å². The average molecular weight is 299 g/mol. The van der Waals surface area contributed by atoms with Crippen LogP contribution in [0.2, 0.25) is 0 Å². The van der Waals surface area contributed by atoms with Crippen LogP contribution in [0.3, 0.4) is 0 Å². The molecule has 0 aliphatic rings. The molecule has 0 aromatic carbocycles. The Morgan fingerprint density at radius 2 is 2.08 bits per heavy atom. The van der Waals surface area contributed by atoms with E-state index >= 15 is 0 Å². The highest BCUT2D eigenvalue weighted by atomic mass is 127. The Labute approximate surface area is 91.9 Å². The minimum Gasteiger partial charge on any atom is -0.463 e. The second kappa shape index (κ2) is 7.11. The van der Waals surface area contributed by atoms with E-state index < -0.39 is 0 Å². The first-order chi connectivity index (χ1) is 6.10. The van der Waals surface area contributed by atoms with E-state index in [0.29, 0.717) is 0 Å². The molecular weight excluding hydrogens is 285 g/mol. The van der Waals surface area contributed by atoms with Gasteiger partial charge in [0.25, 0.3) is 0 Å². The van der Waals surface area contributed by atoms with Crippen molar-refractivity contribution in [1.29, 1.82) is 0 Å². The van der Waals surface area contributed by atoms with Crippen molar-refractivity contribution in [1.82, 2.24) is 3.53 Å². The lowest BCUT2D eigenvalue weighted by Gasteiger charge is -2.09. The second-order valence-electron chi connectivity index (χ2n) is 2.73. The smallest absolute Gasteiger partial charge is 0.306 e. The summed E-state index contributed by atoms with van der Waals surface area (Å²) in [5, 5.41) is 0. The van der Waals surface area contributed by atoms with Crippen LogP contribution in [0.4, 0.5) is 0 Å². The van der Waals surface area contributed by atoms with Gasteiger partial charge in [-0.25, -0.2) is 0 Å². The molecule has 4 nitrogen and oxygen atoms in total. The van der Waals surface area contributed by atoms with Crippen LogP contribution < -0.4 is 3.53 Å². The van der Waals surface area contributed by atoms with Gasteiger partial charge in [0.15, 0.2) is 0 Å². The maximum absolute atomic E-state index is 11.0. The molecule has 0 aromatic rings. The number of nitrogens with one attached hydrogen (secondary N) is 1. The number of hydrogen-bond acceptors (Lipinski definition) is 3. The molecule has 1 N–H and O–H groups in total. The van der Waals surface area contributed by atoms with E-state index in [0.717, 1.165) is 6.42 Å². The van der Waals surface area contributed by atoms with E-state index in [9.17, 15) is 9.59 Å². The predicted octanol–water partition coefficient (Wildman–Crippen LogP) is 1.57. The number of carbonyl (C=O) groups is 2. The molecule has 0 saturated heterocycles. The Hall–Kier alpha value is -0.330. The van der Waals surface area contributed by atoms with Crippen molar-refractivity contribution in [3.05, 3.63) is 0 Å². The fourth-order valence-corrected chi connectivity index (χ4v) is 0.899. The summed E-state index contributed by atoms with van der Waals surface area (Å²) in [5.74, 6) is -0.462. The maximum atomic E-state index is 11.0. The van der Waals surface area contributed by atoms with E-state index in [4.69, 9.17) is 4.74 Å². The first-order valence-corrected chi connectivity index (χ1v) is 5.27. The van der Waals surface area contributed by atoms with Crippen molar-refractivity contribution in [2.45, 2.75) is 39.2 Å². The molecule has 0 aliphatic carbocycles. The lowest BCUT2D eigenvalue weighted by Crippen LogP contribution is -2.17. The van der Waals surface area contributed by atoms with Gasteiger partial charge in [0, 0.05) is 6.42 Å². The third-order valence-corrected chi connectivity index (χ3v) is 2.17. The normalized spacial score (nSPS) is 11.9. The number of amides is 1. The van der Waals surface area contributed by atoms with Crippen LogP contribution >= 0.6 is 22.9 Å². The zero-order valence-electron chi connectivity index (χ0n) is 7.80. The van der Waals surface area contributed by atoms with Crippen LogP contribution in [-0.2, 0) is 14.3 Å². The molecule has 1 amide bonds. The minimum atomic E-state index is -0.311. The zero-order valence-corrected chi connectivity index (χ0v) is 9.96. The van der Waals surface area contributed by atoms with Crippen LogP contribution in [0.15, 0.2) is 0 Å². The van der Waals surface area contributed by atoms with Gasteiger partial charge in [-0.05, 0) is 13.3 Å². The van der Waals surface area contributed by atoms with Gasteiger partial charge < -0.3 is 4.74 Å². The van der Waals surface area contributed by atoms with E-state index in [-0.39, 0.29) is 30.8 Å². The third-order valence-electron chi connectivity index (χ3n) is 1.57. The van der Waals surface area contributed by atoms with Gasteiger partial charge in [0.2, 0.25) is 5.91 Å². The molecule has 0 fully saturated rings. The highest BCUT2D eigenvalue weighted by Gasteiger charge is 2.09. The molecule has 76 valence electrons. The summed E-state index contributed by atoms with van der Waals surface area (Å²) in [7, 11) is 0. The molecule has 1 atom stereocenters. The van der Waals surface area contributed by atoms with Gasteiger partial charge in [-0.1, -0.05) is 6.92 Å². The molecule has 0 rings (SSSR count). The van der Waals surface area contributed by atoms with Gasteiger partial charge in [0.1, 0.15) is 0 Å². The Bertz CT molecular complexity index is 184. The summed E-state index contributed by atoms with van der Waals surface area (Å²) in [6.45, 7) is 3.77. The lowest BCUT2D eigenvalue weighted by molar-refractivity contribution is -0.149. The SMILES string of the molecule is CCC(C)OC(=O)CCC(=O)NI. The molecule has 0 saturated carbocycles. The van der Waals surface area contributed by atoms with Crippen molar-refractivity contribution in [2.75, 3.05) is 0 Å². The topological polar surface area (TPSA) is 55.4 Å². The van der Waals surface area contributed by atoms with Gasteiger partial charge in [-0.2, -0.15) is 0 Å². The Morgan fingerprint density at radius 3 is 2.54 bits per heavy atom. The molecule has 5 heteroatoms. The first-order valence-electron chi connectivity index (χ1n) is 4.19. The number of rotatable bonds is 5. The number of esters is 1. The van der Waals surface area contributed by atoms with E-state index in [1.807, 2.05) is 13.8 Å². The monoisotopic (exact) mass is 299 g/mol. The van der Waals surface area contributed by atoms with Crippen LogP contribution in [0.1, 0.15) is 33.1 Å². The minimum absolute atomic E-state index is 0.0600. The van der Waals surface area contributed by atoms with Crippen LogP contribution in [0, 0.1) is 0 Å². The van der Waals surface area contributed by atoms with E-state index in [1.165, 1.54) is 0 Å². The van der Waals surface area contributed by atoms with E-state index in [1.54, 1.807) is 22.9 Å². The Morgan fingerprint density at radius 1 is 1.46 bits per heavy atom. The Kier molecular flexibility index (Phi) is 6.93. The average Bonchev–Trinajstić information content (AvgIpc) is 2.13. The molecule has 0 bridgehead atoms. The number of ether oxygens (including phenoxy) is 1. The lowest BCUT2D eigenvalue weighted by atomic mass is 10.3. The largest absolute Gasteiger partial charge is 0.463 e. The highest BCUT2D eigenvalue weighted by Crippen LogP contribution is 2.00. The summed E-state index contributed by atoms with van der Waals surface area (Å²) in [5.41, 5.74) is 0. The van der Waals surface area contributed by atoms with Crippen molar-refractivity contribution in [3.8, 4) is 0 Å². The van der Waals surface area contributed by atoms with Crippen molar-refractivity contribution in [2.24, 2.45) is 0 Å². The summed E-state index contributed by atoms with van der Waals surface area (Å²) in [6, 6.07) is 0. The third kappa shape index (κ3) is 6.80. The molecule has 1 unspecified atom stereocenters. The van der Waals surface area contributed by atoms with Gasteiger partial charge in [0.05, 0.1) is 35.4 Å². The van der Waals surface area contributed by atoms with E-state index in [2.05, 4.69) is 3.53 Å². The number of halogens is 1. The molecule has 0 heterocycles. The summed E-state index contributed by atoms with van der Waals surface area (Å²) < 4.78 is 7.38. The van der Waals surface area contributed by atoms with Crippen molar-refractivity contribution in [3.63, 3.8) is 0 Å². The van der Waals surface area contributed by atoms with Gasteiger partial charge >= 0.3 is 5.97 Å². The van der Waals surface area contributed by atoms with Crippen molar-refractivity contribution >= 4 is 34.7 Å². The molecule has 0 aromatic heterocycles. The van der Waals surface area contributed by atoms with Crippen LogP contribution in [0.25, 0.3) is 0 Å². The maximum Gasteiger partial charge on any atom is 0.306 e. The molecule has 13 heavy (non-hydrogen) atoms. The quantitative estimate of drug-likeness (QED) is 0.476. The standard InChI is InChI=1S/C8H14INO3/c1-3-6(2)13-8(12)5-4-7(11)10-9/h6H,3-5H2,1-2H3,(H,10,11). The zero-order chi connectivity index (χ0) is 10.3. The highest BCUT2D eigenvalue weighted by molar-refractivity contribution is 14.1. The summed E-state index contributed by atoms with van der Waals surface area (Å²) in [4.78, 5) is 21.8. The van der Waals surface area contributed by atoms with Crippen LogP contribution in [0.5, 0.6) is 0 Å². The molecule has 0 spiro atoms. The van der Waals surface area contributed by atoms with Gasteiger partial charge in [-0.15, -0.1) is 0 Å². The first kappa shape index (κ1) is 12.7. The van der Waals surface area contributed by atoms with Gasteiger partial charge in [-0.3, -0.25) is 13.1 Å². The fourth-order valence-electron chi connectivity index (χ4n) is 0.629. The summed E-state index contributed by atoms with van der Waals surface area (Å²) in [6.07, 6.45) is 1.08. The fraction of sp³-hybridized carbons (Fsp3) is 0.750. The van der Waals surface area contributed by atoms with Crippen molar-refractivity contribution < 1.29 is 14.3 Å². The number of hydrogen-bond donors (Lipinski definition) is 1. The predicted molar refractivity (Wildman–Crippen MR) is 57.2 cm³/mol. The molecular formula is C8H14INO3. The molecule has 0 aliphatic heterocycles. The second-order valence-corrected chi connectivity index (χ2v) is 3.27. The summed E-state index contributed by atoms with van der Waals surface area (Å²) >= 11 is 1.74. The number of carbonyl (C=O) groups excluding carboxylic acids is 2. The Balaban J connectivity index is 3.57.